The Labute approximate surface area is 237 Å². The first-order chi connectivity index (χ1) is 19.0. The number of aromatic nitrogens is 2. The van der Waals surface area contributed by atoms with Gasteiger partial charge in [0, 0.05) is 23.9 Å². The monoisotopic (exact) mass is 549 g/mol. The summed E-state index contributed by atoms with van der Waals surface area (Å²) in [5, 5.41) is 3.11. The number of fused-ring (bicyclic) bond motifs is 5. The molecule has 1 saturated heterocycles. The van der Waals surface area contributed by atoms with Crippen molar-refractivity contribution in [2.45, 2.75) is 90.0 Å². The van der Waals surface area contributed by atoms with Crippen LogP contribution in [-0.2, 0) is 11.2 Å². The van der Waals surface area contributed by atoms with Gasteiger partial charge in [0.1, 0.15) is 23.7 Å². The maximum Gasteiger partial charge on any atom is 0.407 e. The summed E-state index contributed by atoms with van der Waals surface area (Å²) in [4.78, 5) is 24.9. The largest absolute Gasteiger partial charge is 0.497 e. The van der Waals surface area contributed by atoms with Crippen molar-refractivity contribution in [3.8, 4) is 11.6 Å². The minimum Gasteiger partial charge on any atom is -0.497 e. The number of alkyl carbamates (subject to hydrolysis) is 1. The molecule has 1 saturated carbocycles. The Morgan fingerprint density at radius 3 is 2.67 bits per heavy atom. The number of methoxy groups -OCH3 is 1. The number of hydrogen-bond donors (Lipinski definition) is 2. The Morgan fingerprint density at radius 2 is 1.95 bits per heavy atom. The van der Waals surface area contributed by atoms with Crippen molar-refractivity contribution >= 4 is 17.1 Å². The molecule has 5 rings (SSSR count). The van der Waals surface area contributed by atoms with Gasteiger partial charge in [0.15, 0.2) is 0 Å². The number of hydrogen-bond acceptors (Lipinski definition) is 8. The molecule has 1 amide bonds. The molecule has 216 valence electrons. The Balaban J connectivity index is 1.48. The number of carbonyl (C=O) groups is 1. The summed E-state index contributed by atoms with van der Waals surface area (Å²) in [5.41, 5.74) is 9.70. The third-order valence-corrected chi connectivity index (χ3v) is 8.31. The Bertz CT molecular complexity index is 1290. The van der Waals surface area contributed by atoms with Crippen molar-refractivity contribution in [3.05, 3.63) is 48.4 Å². The molecule has 1 aromatic heterocycles. The van der Waals surface area contributed by atoms with Crippen LogP contribution in [0.5, 0.6) is 11.6 Å². The fourth-order valence-corrected chi connectivity index (χ4v) is 5.95. The molecule has 40 heavy (non-hydrogen) atoms. The summed E-state index contributed by atoms with van der Waals surface area (Å²) in [6, 6.07) is 5.18. The maximum atomic E-state index is 12.9. The highest BCUT2D eigenvalue weighted by atomic mass is 16.6. The van der Waals surface area contributed by atoms with E-state index in [1.807, 2.05) is 18.2 Å². The number of nitrogens with two attached hydrogens (primary N) is 1. The zero-order valence-electron chi connectivity index (χ0n) is 24.2. The van der Waals surface area contributed by atoms with Crippen molar-refractivity contribution < 1.29 is 19.0 Å². The average Bonchev–Trinajstić information content (AvgIpc) is 3.48. The first-order valence-corrected chi connectivity index (χ1v) is 14.4. The number of rotatable bonds is 2. The standard InChI is InChI=1S/C31H43N5O4/c1-18(32)26-16-22-17-36(26)19(2)28(31(3,4)5)35-30(37)40-27-14-20(27)10-8-7-9-11-24-29(39-22)34-25-15-21(38-6)12-13-23(25)33-24/h12-13,15,20,22,26-28H,1-2,7-11,14,16-17,32H2,3-6H3,(H,35,37)/t20-,22-,26+,27-,28-/m1/s1. The molecular weight excluding hydrogens is 506 g/mol. The van der Waals surface area contributed by atoms with Crippen LogP contribution >= 0.6 is 0 Å². The van der Waals surface area contributed by atoms with Crippen LogP contribution in [-0.4, -0.2) is 58.9 Å². The molecule has 9 heteroatoms. The van der Waals surface area contributed by atoms with Gasteiger partial charge in [-0.3, -0.25) is 0 Å². The smallest absolute Gasteiger partial charge is 0.407 e. The van der Waals surface area contributed by atoms with E-state index in [-0.39, 0.29) is 29.7 Å². The predicted octanol–water partition coefficient (Wildman–Crippen LogP) is 5.09. The van der Waals surface area contributed by atoms with Crippen molar-refractivity contribution in [1.82, 2.24) is 20.2 Å². The quantitative estimate of drug-likeness (QED) is 0.533. The molecule has 2 fully saturated rings. The first kappa shape index (κ1) is 28.1. The van der Waals surface area contributed by atoms with Crippen molar-refractivity contribution in [3.63, 3.8) is 0 Å². The van der Waals surface area contributed by atoms with E-state index in [1.165, 1.54) is 0 Å². The lowest BCUT2D eigenvalue weighted by atomic mass is 9.84. The van der Waals surface area contributed by atoms with Gasteiger partial charge in [0.05, 0.1) is 36.8 Å². The molecule has 9 nitrogen and oxygen atoms in total. The van der Waals surface area contributed by atoms with Crippen LogP contribution in [0.4, 0.5) is 4.79 Å². The number of nitrogens with zero attached hydrogens (tertiary/aromatic N) is 3. The molecule has 3 heterocycles. The Morgan fingerprint density at radius 1 is 1.15 bits per heavy atom. The first-order valence-electron chi connectivity index (χ1n) is 14.4. The van der Waals surface area contributed by atoms with Gasteiger partial charge in [-0.1, -0.05) is 46.8 Å². The number of amides is 1. The lowest BCUT2D eigenvalue weighted by Crippen LogP contribution is -2.50. The van der Waals surface area contributed by atoms with Crippen molar-refractivity contribution in [1.29, 1.82) is 0 Å². The highest BCUT2D eigenvalue weighted by Crippen LogP contribution is 2.39. The predicted molar refractivity (Wildman–Crippen MR) is 155 cm³/mol. The maximum absolute atomic E-state index is 12.9. The molecule has 1 aromatic carbocycles. The third kappa shape index (κ3) is 6.13. The van der Waals surface area contributed by atoms with Gasteiger partial charge in [-0.2, -0.15) is 0 Å². The highest BCUT2D eigenvalue weighted by molar-refractivity contribution is 5.76. The second-order valence-electron chi connectivity index (χ2n) is 12.5. The summed E-state index contributed by atoms with van der Waals surface area (Å²) >= 11 is 0. The minimum absolute atomic E-state index is 0.0103. The van der Waals surface area contributed by atoms with Crippen LogP contribution in [0, 0.1) is 11.3 Å². The zero-order chi connectivity index (χ0) is 28.6. The lowest BCUT2D eigenvalue weighted by molar-refractivity contribution is 0.118. The summed E-state index contributed by atoms with van der Waals surface area (Å²) < 4.78 is 17.8. The second-order valence-corrected chi connectivity index (χ2v) is 12.5. The molecule has 3 N–H and O–H groups in total. The summed E-state index contributed by atoms with van der Waals surface area (Å²) in [5.74, 6) is 1.71. The molecule has 5 atom stereocenters. The molecule has 1 aliphatic carbocycles. The van der Waals surface area contributed by atoms with Crippen LogP contribution in [0.1, 0.15) is 65.0 Å². The van der Waals surface area contributed by atoms with Gasteiger partial charge in [-0.25, -0.2) is 14.8 Å². The van der Waals surface area contributed by atoms with Gasteiger partial charge in [0.2, 0.25) is 5.88 Å². The fraction of sp³-hybridized carbons (Fsp3) is 0.581. The average molecular weight is 550 g/mol. The van der Waals surface area contributed by atoms with E-state index in [1.54, 1.807) is 7.11 Å². The SMILES string of the molecule is C=C(N)[C@@H]1C[C@@H]2CN1C(=C)[C@H](C(C)(C)C)NC(=O)O[C@@H]1C[C@H]1CCCCCc1nc3ccc(OC)cc3nc1O2. The third-order valence-electron chi connectivity index (χ3n) is 8.31. The summed E-state index contributed by atoms with van der Waals surface area (Å²) in [7, 11) is 1.64. The van der Waals surface area contributed by atoms with Gasteiger partial charge in [-0.15, -0.1) is 0 Å². The number of nitrogens with one attached hydrogen (secondary N) is 1. The molecule has 3 aliphatic rings. The number of ether oxygens (including phenoxy) is 3. The van der Waals surface area contributed by atoms with E-state index in [0.717, 1.165) is 66.7 Å². The van der Waals surface area contributed by atoms with E-state index >= 15 is 0 Å². The topological polar surface area (TPSA) is 112 Å². The number of aryl methyl sites for hydroxylation is 1. The molecule has 0 spiro atoms. The fourth-order valence-electron chi connectivity index (χ4n) is 5.95. The minimum atomic E-state index is -0.392. The van der Waals surface area contributed by atoms with Crippen LogP contribution in [0.3, 0.4) is 0 Å². The normalized spacial score (nSPS) is 27.8. The van der Waals surface area contributed by atoms with E-state index in [9.17, 15) is 4.79 Å². The van der Waals surface area contributed by atoms with Crippen LogP contribution < -0.4 is 20.5 Å². The molecule has 2 aromatic rings. The lowest BCUT2D eigenvalue weighted by Gasteiger charge is -2.39. The van der Waals surface area contributed by atoms with Crippen molar-refractivity contribution in [2.75, 3.05) is 13.7 Å². The van der Waals surface area contributed by atoms with Gasteiger partial charge < -0.3 is 30.2 Å². The summed E-state index contributed by atoms with van der Waals surface area (Å²) in [6.07, 6.45) is 5.89. The van der Waals surface area contributed by atoms with Crippen LogP contribution in [0.15, 0.2) is 42.8 Å². The van der Waals surface area contributed by atoms with Gasteiger partial charge >= 0.3 is 6.09 Å². The van der Waals surface area contributed by atoms with E-state index < -0.39 is 6.09 Å². The van der Waals surface area contributed by atoms with Crippen LogP contribution in [0.2, 0.25) is 0 Å². The van der Waals surface area contributed by atoms with Gasteiger partial charge in [-0.05, 0) is 49.1 Å². The van der Waals surface area contributed by atoms with E-state index in [2.05, 4.69) is 44.1 Å². The Kier molecular flexibility index (Phi) is 7.84. The zero-order valence-corrected chi connectivity index (χ0v) is 24.2. The van der Waals surface area contributed by atoms with E-state index in [0.29, 0.717) is 30.5 Å². The Hall–Kier alpha value is -3.49. The highest BCUT2D eigenvalue weighted by Gasteiger charge is 2.43. The van der Waals surface area contributed by atoms with Gasteiger partial charge in [0.25, 0.3) is 0 Å². The van der Waals surface area contributed by atoms with Crippen LogP contribution in [0.25, 0.3) is 11.0 Å². The summed E-state index contributed by atoms with van der Waals surface area (Å²) in [6.45, 7) is 15.3. The number of carbonyl (C=O) groups excluding carboxylic acids is 1. The molecule has 2 bridgehead atoms. The molecular formula is C31H43N5O4. The molecule has 0 radical (unpaired) electrons. The van der Waals surface area contributed by atoms with Crippen molar-refractivity contribution in [2.24, 2.45) is 17.1 Å². The number of benzene rings is 1. The second kappa shape index (κ2) is 11.2. The van der Waals surface area contributed by atoms with E-state index in [4.69, 9.17) is 29.9 Å². The molecule has 2 aliphatic heterocycles. The molecule has 0 unspecified atom stereocenters.